The zero-order valence-electron chi connectivity index (χ0n) is 14.7. The van der Waals surface area contributed by atoms with Crippen molar-refractivity contribution in [1.82, 2.24) is 0 Å². The van der Waals surface area contributed by atoms with Gasteiger partial charge in [-0.3, -0.25) is 4.79 Å². The van der Waals surface area contributed by atoms with Gasteiger partial charge in [0.15, 0.2) is 6.10 Å². The van der Waals surface area contributed by atoms with Gasteiger partial charge in [-0.15, -0.1) is 0 Å². The van der Waals surface area contributed by atoms with Crippen LogP contribution in [0.15, 0.2) is 54.6 Å². The van der Waals surface area contributed by atoms with Gasteiger partial charge in [-0.05, 0) is 49.8 Å². The first-order valence-electron chi connectivity index (χ1n) is 8.08. The molecule has 0 heterocycles. The van der Waals surface area contributed by atoms with Crippen LogP contribution in [0.2, 0.25) is 0 Å². The number of anilines is 1. The zero-order valence-corrected chi connectivity index (χ0v) is 14.7. The van der Waals surface area contributed by atoms with E-state index in [1.54, 1.807) is 12.1 Å². The molecule has 4 nitrogen and oxygen atoms in total. The first kappa shape index (κ1) is 20.2. The molecule has 0 saturated heterocycles. The molecule has 27 heavy (non-hydrogen) atoms. The summed E-state index contributed by atoms with van der Waals surface area (Å²) in [5, 5.41) is 2.61. The number of benzene rings is 2. The van der Waals surface area contributed by atoms with Gasteiger partial charge in [-0.25, -0.2) is 4.79 Å². The molecular formula is C20H18F3NO3. The van der Waals surface area contributed by atoms with Gasteiger partial charge in [0, 0.05) is 11.8 Å². The van der Waals surface area contributed by atoms with Crippen molar-refractivity contribution < 1.29 is 27.5 Å². The number of hydrogen-bond donors (Lipinski definition) is 1. The van der Waals surface area contributed by atoms with Gasteiger partial charge < -0.3 is 10.1 Å². The lowest BCUT2D eigenvalue weighted by molar-refractivity contribution is -0.148. The molecule has 142 valence electrons. The fourth-order valence-corrected chi connectivity index (χ4v) is 2.13. The molecule has 0 saturated carbocycles. The number of halogens is 3. The number of aryl methyl sites for hydroxylation is 1. The minimum absolute atomic E-state index is 0.193. The minimum Gasteiger partial charge on any atom is -0.449 e. The summed E-state index contributed by atoms with van der Waals surface area (Å²) in [4.78, 5) is 23.8. The fourth-order valence-electron chi connectivity index (χ4n) is 2.13. The molecule has 1 N–H and O–H groups in total. The number of ether oxygens (including phenoxy) is 1. The molecule has 0 aliphatic rings. The molecule has 0 radical (unpaired) electrons. The van der Waals surface area contributed by atoms with Crippen molar-refractivity contribution in [2.24, 2.45) is 0 Å². The first-order valence-corrected chi connectivity index (χ1v) is 8.08. The third-order valence-electron chi connectivity index (χ3n) is 3.61. The average molecular weight is 377 g/mol. The maximum Gasteiger partial charge on any atom is 0.416 e. The zero-order chi connectivity index (χ0) is 20.0. The second-order valence-electron chi connectivity index (χ2n) is 5.89. The minimum atomic E-state index is -4.47. The lowest BCUT2D eigenvalue weighted by Crippen LogP contribution is -2.29. The molecule has 0 spiro atoms. The van der Waals surface area contributed by atoms with Crippen molar-refractivity contribution >= 4 is 23.6 Å². The van der Waals surface area contributed by atoms with Crippen molar-refractivity contribution in [3.8, 4) is 0 Å². The third kappa shape index (κ3) is 6.29. The summed E-state index contributed by atoms with van der Waals surface area (Å²) in [6, 6.07) is 11.6. The van der Waals surface area contributed by atoms with Crippen molar-refractivity contribution in [3.05, 3.63) is 71.3 Å². The predicted octanol–water partition coefficient (Wildman–Crippen LogP) is 4.60. The number of alkyl halides is 3. The highest BCUT2D eigenvalue weighted by Gasteiger charge is 2.30. The van der Waals surface area contributed by atoms with Crippen LogP contribution < -0.4 is 5.32 Å². The molecule has 7 heteroatoms. The Hall–Kier alpha value is -3.09. The van der Waals surface area contributed by atoms with Gasteiger partial charge in [0.1, 0.15) is 0 Å². The summed E-state index contributed by atoms with van der Waals surface area (Å²) in [6.45, 7) is 3.31. The highest BCUT2D eigenvalue weighted by Crippen LogP contribution is 2.29. The molecule has 2 aromatic carbocycles. The Labute approximate surface area is 154 Å². The summed E-state index contributed by atoms with van der Waals surface area (Å²) in [7, 11) is 0. The van der Waals surface area contributed by atoms with Crippen molar-refractivity contribution in [2.45, 2.75) is 26.1 Å². The largest absolute Gasteiger partial charge is 0.449 e. The van der Waals surface area contributed by atoms with E-state index in [-0.39, 0.29) is 5.56 Å². The standard InChI is InChI=1S/C20H18F3NO3/c1-13-6-9-17(10-7-13)24-19(26)14(2)27-18(25)11-8-15-4-3-5-16(12-15)20(21,22)23/h3-12,14H,1-2H3,(H,24,26)/b11-8+/t14-/m0/s1. The van der Waals surface area contributed by atoms with Gasteiger partial charge in [0.05, 0.1) is 5.56 Å². The number of rotatable bonds is 5. The summed E-state index contributed by atoms with van der Waals surface area (Å²) in [6.07, 6.45) is -3.36. The van der Waals surface area contributed by atoms with Crippen LogP contribution in [0.3, 0.4) is 0 Å². The Morgan fingerprint density at radius 1 is 1.11 bits per heavy atom. The molecule has 0 aliphatic heterocycles. The number of amides is 1. The van der Waals surface area contributed by atoms with Crippen molar-refractivity contribution in [3.63, 3.8) is 0 Å². The summed E-state index contributed by atoms with van der Waals surface area (Å²) >= 11 is 0. The molecule has 0 fully saturated rings. The van der Waals surface area contributed by atoms with E-state index in [1.165, 1.54) is 25.1 Å². The van der Waals surface area contributed by atoms with Gasteiger partial charge in [0.25, 0.3) is 5.91 Å². The monoisotopic (exact) mass is 377 g/mol. The van der Waals surface area contributed by atoms with E-state index in [4.69, 9.17) is 4.74 Å². The van der Waals surface area contributed by atoms with Crippen LogP contribution in [-0.4, -0.2) is 18.0 Å². The van der Waals surface area contributed by atoms with Crippen LogP contribution in [0.1, 0.15) is 23.6 Å². The van der Waals surface area contributed by atoms with E-state index < -0.39 is 29.7 Å². The maximum atomic E-state index is 12.7. The van der Waals surface area contributed by atoms with Crippen LogP contribution in [0.5, 0.6) is 0 Å². The number of esters is 1. The van der Waals surface area contributed by atoms with Gasteiger partial charge >= 0.3 is 12.1 Å². The number of nitrogens with one attached hydrogen (secondary N) is 1. The smallest absolute Gasteiger partial charge is 0.416 e. The summed E-state index contributed by atoms with van der Waals surface area (Å²) in [5.74, 6) is -1.35. The molecule has 0 aromatic heterocycles. The molecule has 0 aliphatic carbocycles. The van der Waals surface area contributed by atoms with Gasteiger partial charge in [-0.2, -0.15) is 13.2 Å². The maximum absolute atomic E-state index is 12.7. The van der Waals surface area contributed by atoms with Gasteiger partial charge in [0.2, 0.25) is 0 Å². The normalized spacial score (nSPS) is 12.6. The second kappa shape index (κ2) is 8.53. The molecular weight excluding hydrogens is 359 g/mol. The average Bonchev–Trinajstić information content (AvgIpc) is 2.61. The first-order chi connectivity index (χ1) is 12.6. The Bertz CT molecular complexity index is 842. The van der Waals surface area contributed by atoms with Crippen LogP contribution in [0.4, 0.5) is 18.9 Å². The Balaban J connectivity index is 1.93. The highest BCUT2D eigenvalue weighted by atomic mass is 19.4. The number of carbonyl (C=O) groups is 2. The Kier molecular flexibility index (Phi) is 6.39. The van der Waals surface area contributed by atoms with Gasteiger partial charge in [-0.1, -0.05) is 29.8 Å². The number of hydrogen-bond acceptors (Lipinski definition) is 3. The van der Waals surface area contributed by atoms with E-state index in [9.17, 15) is 22.8 Å². The van der Waals surface area contributed by atoms with Crippen LogP contribution in [0.25, 0.3) is 6.08 Å². The predicted molar refractivity (Wildman–Crippen MR) is 95.8 cm³/mol. The molecule has 0 unspecified atom stereocenters. The van der Waals surface area contributed by atoms with Crippen molar-refractivity contribution in [2.75, 3.05) is 5.32 Å². The lowest BCUT2D eigenvalue weighted by Gasteiger charge is -2.12. The van der Waals surface area contributed by atoms with Crippen LogP contribution >= 0.6 is 0 Å². The molecule has 1 amide bonds. The molecule has 2 aromatic rings. The van der Waals surface area contributed by atoms with Crippen LogP contribution in [-0.2, 0) is 20.5 Å². The van der Waals surface area contributed by atoms with E-state index in [2.05, 4.69) is 5.32 Å². The Morgan fingerprint density at radius 3 is 2.41 bits per heavy atom. The summed E-state index contributed by atoms with van der Waals surface area (Å²) < 4.78 is 43.0. The van der Waals surface area contributed by atoms with Crippen LogP contribution in [0, 0.1) is 6.92 Å². The second-order valence-corrected chi connectivity index (χ2v) is 5.89. The third-order valence-corrected chi connectivity index (χ3v) is 3.61. The van der Waals surface area contributed by atoms with E-state index in [1.807, 2.05) is 19.1 Å². The lowest BCUT2D eigenvalue weighted by atomic mass is 10.1. The summed E-state index contributed by atoms with van der Waals surface area (Å²) in [5.41, 5.74) is 0.975. The Morgan fingerprint density at radius 2 is 1.78 bits per heavy atom. The highest BCUT2D eigenvalue weighted by molar-refractivity contribution is 5.96. The molecule has 1 atom stereocenters. The van der Waals surface area contributed by atoms with E-state index in [0.717, 1.165) is 23.8 Å². The topological polar surface area (TPSA) is 55.4 Å². The molecule has 2 rings (SSSR count). The SMILES string of the molecule is Cc1ccc(NC(=O)[C@H](C)OC(=O)/C=C/c2cccc(C(F)(F)F)c2)cc1. The fraction of sp³-hybridized carbons (Fsp3) is 0.200. The van der Waals surface area contributed by atoms with E-state index >= 15 is 0 Å². The van der Waals surface area contributed by atoms with E-state index in [0.29, 0.717) is 5.69 Å². The number of carbonyl (C=O) groups excluding carboxylic acids is 2. The van der Waals surface area contributed by atoms with Crippen molar-refractivity contribution in [1.29, 1.82) is 0 Å². The molecule has 0 bridgehead atoms. The quantitative estimate of drug-likeness (QED) is 0.612.